The number of hydrogen-bond acceptors (Lipinski definition) is 4. The lowest BCUT2D eigenvalue weighted by molar-refractivity contribution is -0.571. The number of imidazole rings is 2. The topological polar surface area (TPSA) is 70.2 Å². The van der Waals surface area contributed by atoms with Gasteiger partial charge in [0.2, 0.25) is 5.78 Å². The molecule has 0 unspecified atom stereocenters. The lowest BCUT2D eigenvalue weighted by atomic mass is 9.95. The molecule has 0 aliphatic heterocycles. The van der Waals surface area contributed by atoms with Gasteiger partial charge in [-0.1, -0.05) is 127 Å². The van der Waals surface area contributed by atoms with E-state index in [1.807, 2.05) is 81.8 Å². The van der Waals surface area contributed by atoms with Crippen molar-refractivity contribution in [3.63, 3.8) is 0 Å². The van der Waals surface area contributed by atoms with Crippen LogP contribution in [0.2, 0.25) is 0 Å². The zero-order valence-electron chi connectivity index (χ0n) is 40.2. The molecular weight excluding hydrogens is 717 g/mol. The van der Waals surface area contributed by atoms with Gasteiger partial charge in [0.05, 0.1) is 52.5 Å². The molecule has 0 aliphatic rings. The van der Waals surface area contributed by atoms with Crippen molar-refractivity contribution in [1.82, 2.24) is 23.5 Å². The monoisotopic (exact) mass is 758 g/mol. The van der Waals surface area contributed by atoms with Gasteiger partial charge in [-0.3, -0.25) is 22.9 Å². The third-order valence-electron chi connectivity index (χ3n) is 9.95. The van der Waals surface area contributed by atoms with Crippen LogP contribution in [0.5, 0.6) is 11.5 Å². The van der Waals surface area contributed by atoms with Gasteiger partial charge in [-0.15, -0.1) is 0 Å². The number of rotatable bonds is 7. The van der Waals surface area contributed by atoms with Crippen LogP contribution in [-0.4, -0.2) is 23.5 Å². The van der Waals surface area contributed by atoms with E-state index >= 15 is 0 Å². The molecule has 0 amide bonds. The standard InChI is InChI=1S/C50H32N6O2/c57-49-42-25-14-30-51-48(42)56-46-32-39(28-29-45(46)55(50(56)52-49)36-19-8-3-9-20-36)58-38-22-12-21-37(31-38)53-33-54(44-27-11-10-26-43(44)53)47-40(34-15-4-1-5-16-34)23-13-24-41(47)35-17-6-2-7-18-35/h1-32H/i1D,2D,4D,5D,6D,7D,15D,16D,17D,18D. The Hall–Kier alpha value is -8.10. The highest BCUT2D eigenvalue weighted by Gasteiger charge is 2.21. The predicted octanol–water partition coefficient (Wildman–Crippen LogP) is 10.3. The summed E-state index contributed by atoms with van der Waals surface area (Å²) in [7, 11) is 0. The van der Waals surface area contributed by atoms with E-state index in [1.165, 1.54) is 0 Å². The summed E-state index contributed by atoms with van der Waals surface area (Å²) in [6, 6.07) is 32.4. The van der Waals surface area contributed by atoms with Gasteiger partial charge in [0.25, 0.3) is 11.9 Å². The van der Waals surface area contributed by atoms with Crippen LogP contribution in [-0.2, 0) is 0 Å². The van der Waals surface area contributed by atoms with Crippen molar-refractivity contribution < 1.29 is 23.0 Å². The summed E-state index contributed by atoms with van der Waals surface area (Å²) in [5.74, 6) is 1.29. The molecule has 274 valence electrons. The summed E-state index contributed by atoms with van der Waals surface area (Å²) in [4.78, 5) is 22.4. The Bertz CT molecular complexity index is 3860. The summed E-state index contributed by atoms with van der Waals surface area (Å²) in [6.45, 7) is 0. The Morgan fingerprint density at radius 3 is 2.09 bits per heavy atom. The molecule has 0 spiro atoms. The second-order valence-electron chi connectivity index (χ2n) is 13.3. The van der Waals surface area contributed by atoms with E-state index in [9.17, 15) is 4.79 Å². The first-order chi connectivity index (χ1) is 32.8. The van der Waals surface area contributed by atoms with Crippen LogP contribution in [0.25, 0.3) is 78.2 Å². The second-order valence-corrected chi connectivity index (χ2v) is 13.3. The minimum atomic E-state index is -0.581. The van der Waals surface area contributed by atoms with Gasteiger partial charge >= 0.3 is 0 Å². The van der Waals surface area contributed by atoms with Crippen LogP contribution in [0, 0.1) is 6.33 Å². The van der Waals surface area contributed by atoms with E-state index in [0.717, 1.165) is 11.2 Å². The fraction of sp³-hybridized carbons (Fsp3) is 0. The maximum absolute atomic E-state index is 13.3. The molecule has 4 aromatic heterocycles. The fourth-order valence-corrected chi connectivity index (χ4v) is 7.48. The molecule has 0 fully saturated rings. The summed E-state index contributed by atoms with van der Waals surface area (Å²) in [6.07, 6.45) is 5.03. The van der Waals surface area contributed by atoms with Crippen LogP contribution in [0.3, 0.4) is 0 Å². The molecule has 0 N–H and O–H groups in total. The Kier molecular flexibility index (Phi) is 5.72. The van der Waals surface area contributed by atoms with E-state index < -0.39 is 66.0 Å². The summed E-state index contributed by atoms with van der Waals surface area (Å²) in [5, 5.41) is 0.361. The first-order valence-electron chi connectivity index (χ1n) is 23.2. The number of fused-ring (bicyclic) bond motifs is 6. The third-order valence-corrected chi connectivity index (χ3v) is 9.95. The molecule has 0 radical (unpaired) electrons. The normalized spacial score (nSPS) is 13.9. The molecule has 0 saturated carbocycles. The Morgan fingerprint density at radius 1 is 0.621 bits per heavy atom. The number of nitrogens with zero attached hydrogens (tertiary/aromatic N) is 6. The largest absolute Gasteiger partial charge is 0.458 e. The van der Waals surface area contributed by atoms with E-state index in [2.05, 4.69) is 16.3 Å². The quantitative estimate of drug-likeness (QED) is 0.120. The van der Waals surface area contributed by atoms with E-state index in [1.54, 1.807) is 69.9 Å². The molecule has 11 rings (SSSR count). The van der Waals surface area contributed by atoms with Crippen LogP contribution in [0.1, 0.15) is 13.7 Å². The second kappa shape index (κ2) is 13.6. The lowest BCUT2D eigenvalue weighted by Crippen LogP contribution is -2.31. The van der Waals surface area contributed by atoms with E-state index in [-0.39, 0.29) is 27.9 Å². The Balaban J connectivity index is 1.10. The van der Waals surface area contributed by atoms with Crippen LogP contribution in [0.15, 0.2) is 199 Å². The SMILES string of the molecule is [2H]c1c([2H])c([2H])c(-c2cccc(-c3c([2H])c([2H])c([2H])c([2H])c3[2H])c2-[n+]2[c-]n(-c3cccc(Oc4ccc5c(c4)n4c6ncccc6c(=O)nc4n5-c4ccccc4)c3)c3ccccc32)c([2H])c1[2H]. The maximum Gasteiger partial charge on any atom is 0.284 e. The van der Waals surface area contributed by atoms with Crippen molar-refractivity contribution in [3.05, 3.63) is 211 Å². The number of ether oxygens (including phenoxy) is 1. The van der Waals surface area contributed by atoms with Crippen LogP contribution in [0.4, 0.5) is 0 Å². The van der Waals surface area contributed by atoms with Crippen LogP contribution < -0.4 is 14.9 Å². The molecule has 7 aromatic carbocycles. The molecule has 8 nitrogen and oxygen atoms in total. The van der Waals surface area contributed by atoms with Crippen LogP contribution >= 0.6 is 0 Å². The molecule has 0 aliphatic carbocycles. The highest BCUT2D eigenvalue weighted by molar-refractivity contribution is 5.90. The molecule has 0 atom stereocenters. The Morgan fingerprint density at radius 2 is 1.31 bits per heavy atom. The van der Waals surface area contributed by atoms with Crippen molar-refractivity contribution in [1.29, 1.82) is 0 Å². The molecule has 0 bridgehead atoms. The van der Waals surface area contributed by atoms with Crippen molar-refractivity contribution in [2.45, 2.75) is 0 Å². The number of hydrogen-bond donors (Lipinski definition) is 0. The number of para-hydroxylation sites is 4. The van der Waals surface area contributed by atoms with Gasteiger partial charge in [-0.05, 0) is 76.9 Å². The third kappa shape index (κ3) is 5.46. The van der Waals surface area contributed by atoms with Crippen molar-refractivity contribution >= 4 is 38.9 Å². The van der Waals surface area contributed by atoms with Gasteiger partial charge < -0.3 is 4.74 Å². The highest BCUT2D eigenvalue weighted by Crippen LogP contribution is 2.35. The van der Waals surface area contributed by atoms with Crippen molar-refractivity contribution in [3.8, 4) is 50.8 Å². The molecule has 4 heterocycles. The first kappa shape index (κ1) is 24.4. The minimum Gasteiger partial charge on any atom is -0.458 e. The molecule has 0 saturated heterocycles. The Labute approximate surface area is 346 Å². The predicted molar refractivity (Wildman–Crippen MR) is 228 cm³/mol. The fourth-order valence-electron chi connectivity index (χ4n) is 7.48. The average Bonchev–Trinajstić information content (AvgIpc) is 3.90. The smallest absolute Gasteiger partial charge is 0.284 e. The number of aromatic nitrogens is 6. The zero-order chi connectivity index (χ0) is 47.3. The van der Waals surface area contributed by atoms with Gasteiger partial charge in [-0.25, -0.2) is 4.98 Å². The molecular formula is C50H32N6O2. The summed E-state index contributed by atoms with van der Waals surface area (Å²) in [5.41, 5.74) is 4.14. The van der Waals surface area contributed by atoms with Gasteiger partial charge in [-0.2, -0.15) is 4.98 Å². The van der Waals surface area contributed by atoms with E-state index in [4.69, 9.17) is 18.4 Å². The average molecular weight is 759 g/mol. The summed E-state index contributed by atoms with van der Waals surface area (Å²) >= 11 is 0. The summed E-state index contributed by atoms with van der Waals surface area (Å²) < 4.78 is 100. The van der Waals surface area contributed by atoms with Crippen molar-refractivity contribution in [2.24, 2.45) is 0 Å². The van der Waals surface area contributed by atoms with Gasteiger partial charge in [0.1, 0.15) is 11.5 Å². The molecule has 58 heavy (non-hydrogen) atoms. The maximum atomic E-state index is 13.3. The molecule has 8 heteroatoms. The van der Waals surface area contributed by atoms with Gasteiger partial charge in [0, 0.05) is 18.0 Å². The molecule has 11 aromatic rings. The van der Waals surface area contributed by atoms with E-state index in [0.29, 0.717) is 50.5 Å². The first-order valence-corrected chi connectivity index (χ1v) is 18.2. The van der Waals surface area contributed by atoms with Crippen molar-refractivity contribution in [2.75, 3.05) is 0 Å². The minimum absolute atomic E-state index is 0.138. The number of benzene rings is 7. The highest BCUT2D eigenvalue weighted by atomic mass is 16.5. The number of pyridine rings is 1. The van der Waals surface area contributed by atoms with Gasteiger partial charge in [0.15, 0.2) is 5.65 Å². The lowest BCUT2D eigenvalue weighted by Gasteiger charge is -2.17. The zero-order valence-corrected chi connectivity index (χ0v) is 30.2.